The highest BCUT2D eigenvalue weighted by molar-refractivity contribution is 7.90. The number of aromatic nitrogens is 5. The number of morpholine rings is 1. The first-order valence-electron chi connectivity index (χ1n) is 15.6. The predicted molar refractivity (Wildman–Crippen MR) is 182 cm³/mol. The van der Waals surface area contributed by atoms with E-state index in [0.29, 0.717) is 42.8 Å². The van der Waals surface area contributed by atoms with E-state index >= 15 is 0 Å². The molecular formula is C34H30N8O7S. The molecule has 4 aromatic heterocycles. The van der Waals surface area contributed by atoms with Gasteiger partial charge in [0.15, 0.2) is 0 Å². The van der Waals surface area contributed by atoms with Crippen LogP contribution in [0.5, 0.6) is 0 Å². The van der Waals surface area contributed by atoms with E-state index in [-0.39, 0.29) is 40.4 Å². The van der Waals surface area contributed by atoms with Crippen LogP contribution in [-0.4, -0.2) is 70.0 Å². The Morgan fingerprint density at radius 1 is 0.900 bits per heavy atom. The number of nitrogens with zero attached hydrogens (tertiary/aromatic N) is 6. The lowest BCUT2D eigenvalue weighted by molar-refractivity contribution is -0.121. The first-order valence-corrected chi connectivity index (χ1v) is 17.0. The Kier molecular flexibility index (Phi) is 8.93. The smallest absolute Gasteiger partial charge is 0.293 e. The van der Waals surface area contributed by atoms with Crippen molar-refractivity contribution >= 4 is 44.4 Å². The molecule has 2 amide bonds. The van der Waals surface area contributed by atoms with E-state index in [1.165, 1.54) is 34.7 Å². The van der Waals surface area contributed by atoms with Crippen LogP contribution in [0.2, 0.25) is 0 Å². The van der Waals surface area contributed by atoms with Crippen LogP contribution in [-0.2, 0) is 32.6 Å². The molecule has 0 bridgehead atoms. The van der Waals surface area contributed by atoms with Gasteiger partial charge in [0.05, 0.1) is 48.3 Å². The van der Waals surface area contributed by atoms with Crippen molar-refractivity contribution in [2.24, 2.45) is 0 Å². The van der Waals surface area contributed by atoms with Crippen molar-refractivity contribution < 1.29 is 27.2 Å². The van der Waals surface area contributed by atoms with Crippen molar-refractivity contribution in [3.63, 3.8) is 0 Å². The summed E-state index contributed by atoms with van der Waals surface area (Å²) in [6, 6.07) is 20.2. The molecule has 1 aliphatic heterocycles. The topological polar surface area (TPSA) is 184 Å². The van der Waals surface area contributed by atoms with Crippen molar-refractivity contribution in [3.05, 3.63) is 119 Å². The summed E-state index contributed by atoms with van der Waals surface area (Å²) in [5.41, 5.74) is 0.492. The van der Waals surface area contributed by atoms with E-state index in [9.17, 15) is 22.8 Å². The third kappa shape index (κ3) is 6.48. The quantitative estimate of drug-likeness (QED) is 0.215. The number of ether oxygens (including phenoxy) is 1. The van der Waals surface area contributed by atoms with Gasteiger partial charge in [0.1, 0.15) is 12.2 Å². The molecule has 50 heavy (non-hydrogen) atoms. The molecule has 1 fully saturated rings. The summed E-state index contributed by atoms with van der Waals surface area (Å²) < 4.78 is 40.9. The monoisotopic (exact) mass is 694 g/mol. The average molecular weight is 695 g/mol. The molecule has 15 nitrogen and oxygen atoms in total. The van der Waals surface area contributed by atoms with Gasteiger partial charge in [-0.3, -0.25) is 23.9 Å². The molecule has 2 aromatic carbocycles. The molecule has 0 aliphatic carbocycles. The van der Waals surface area contributed by atoms with Gasteiger partial charge in [-0.2, -0.15) is 0 Å². The number of amides is 2. The minimum atomic E-state index is -4.04. The molecule has 0 radical (unpaired) electrons. The van der Waals surface area contributed by atoms with Gasteiger partial charge in [-0.1, -0.05) is 36.4 Å². The van der Waals surface area contributed by atoms with Crippen molar-refractivity contribution in [1.82, 2.24) is 28.8 Å². The second-order valence-corrected chi connectivity index (χ2v) is 13.0. The number of rotatable bonds is 10. The summed E-state index contributed by atoms with van der Waals surface area (Å²) in [4.78, 5) is 55.0. The van der Waals surface area contributed by atoms with Gasteiger partial charge in [0, 0.05) is 36.4 Å². The first-order chi connectivity index (χ1) is 24.3. The standard InChI is InChI=1S/C34H30N8O7S/c43-30(36-19-25-17-24-18-35-12-11-28(24)42(25)50(46,47)26-9-5-2-6-10-26)22-41-33(45)27(20-38-34(41)40-13-15-48-16-14-40)39-31(44)29-21-37-32(49-29)23-7-3-1-4-8-23/h1-12,17-18,20-21H,13-16,19,22H2,(H,36,43)(H,39,44). The normalized spacial score (nSPS) is 13.3. The van der Waals surface area contributed by atoms with E-state index in [4.69, 9.17) is 9.15 Å². The van der Waals surface area contributed by atoms with Crippen molar-refractivity contribution in [2.75, 3.05) is 36.5 Å². The fraction of sp³-hybridized carbons (Fsp3) is 0.176. The third-order valence-corrected chi connectivity index (χ3v) is 9.78. The minimum absolute atomic E-state index is 0.0788. The van der Waals surface area contributed by atoms with Crippen LogP contribution in [0.1, 0.15) is 16.2 Å². The molecule has 1 aliphatic rings. The van der Waals surface area contributed by atoms with E-state index in [2.05, 4.69) is 25.6 Å². The van der Waals surface area contributed by atoms with Crippen LogP contribution in [0.3, 0.4) is 0 Å². The fourth-order valence-corrected chi connectivity index (χ4v) is 7.15. The molecular weight excluding hydrogens is 664 g/mol. The number of hydrogen-bond acceptors (Lipinski definition) is 11. The molecule has 254 valence electrons. The van der Waals surface area contributed by atoms with Crippen LogP contribution in [0.15, 0.2) is 112 Å². The second kappa shape index (κ2) is 13.8. The zero-order valence-electron chi connectivity index (χ0n) is 26.4. The lowest BCUT2D eigenvalue weighted by Crippen LogP contribution is -2.43. The summed E-state index contributed by atoms with van der Waals surface area (Å²) in [5.74, 6) is -1.00. The Balaban J connectivity index is 1.15. The van der Waals surface area contributed by atoms with Crippen molar-refractivity contribution in [3.8, 4) is 11.5 Å². The zero-order valence-corrected chi connectivity index (χ0v) is 27.2. The van der Waals surface area contributed by atoms with Gasteiger partial charge >= 0.3 is 0 Å². The van der Waals surface area contributed by atoms with E-state index in [0.717, 1.165) is 4.57 Å². The van der Waals surface area contributed by atoms with Gasteiger partial charge in [0.2, 0.25) is 23.5 Å². The number of carbonyl (C=O) groups excluding carboxylic acids is 2. The van der Waals surface area contributed by atoms with E-state index in [1.54, 1.807) is 48.7 Å². The molecule has 0 saturated carbocycles. The number of hydrogen-bond donors (Lipinski definition) is 2. The molecule has 5 heterocycles. The van der Waals surface area contributed by atoms with E-state index in [1.807, 2.05) is 23.1 Å². The number of carbonyl (C=O) groups is 2. The van der Waals surface area contributed by atoms with Gasteiger partial charge < -0.3 is 24.7 Å². The van der Waals surface area contributed by atoms with Crippen LogP contribution in [0.4, 0.5) is 11.6 Å². The highest BCUT2D eigenvalue weighted by Gasteiger charge is 2.25. The van der Waals surface area contributed by atoms with E-state index < -0.39 is 33.9 Å². The summed E-state index contributed by atoms with van der Waals surface area (Å²) in [5, 5.41) is 5.84. The predicted octanol–water partition coefficient (Wildman–Crippen LogP) is 2.89. The number of fused-ring (bicyclic) bond motifs is 1. The first kappa shape index (κ1) is 32.4. The molecule has 1 saturated heterocycles. The maximum Gasteiger partial charge on any atom is 0.293 e. The zero-order chi connectivity index (χ0) is 34.7. The third-order valence-electron chi connectivity index (χ3n) is 8.00. The van der Waals surface area contributed by atoms with Crippen molar-refractivity contribution in [2.45, 2.75) is 18.0 Å². The molecule has 0 spiro atoms. The highest BCUT2D eigenvalue weighted by Crippen LogP contribution is 2.25. The summed E-state index contributed by atoms with van der Waals surface area (Å²) >= 11 is 0. The fourth-order valence-electron chi connectivity index (χ4n) is 5.59. The lowest BCUT2D eigenvalue weighted by Gasteiger charge is -2.29. The minimum Gasteiger partial charge on any atom is -0.431 e. The van der Waals surface area contributed by atoms with Gasteiger partial charge in [-0.05, 0) is 36.4 Å². The van der Waals surface area contributed by atoms with Crippen LogP contribution < -0.4 is 21.1 Å². The molecule has 6 aromatic rings. The molecule has 0 unspecified atom stereocenters. The Morgan fingerprint density at radius 2 is 1.64 bits per heavy atom. The van der Waals surface area contributed by atoms with Crippen molar-refractivity contribution in [1.29, 1.82) is 0 Å². The maximum absolute atomic E-state index is 13.8. The Hall–Kier alpha value is -6.13. The van der Waals surface area contributed by atoms with Crippen LogP contribution >= 0.6 is 0 Å². The number of oxazole rings is 1. The average Bonchev–Trinajstić information content (AvgIpc) is 3.80. The van der Waals surface area contributed by atoms with Gasteiger partial charge in [-0.25, -0.2) is 22.4 Å². The Labute approximate surface area is 285 Å². The molecule has 16 heteroatoms. The largest absolute Gasteiger partial charge is 0.431 e. The summed E-state index contributed by atoms with van der Waals surface area (Å²) in [6.45, 7) is 0.976. The Bertz CT molecular complexity index is 2350. The number of nitrogens with one attached hydrogen (secondary N) is 2. The SMILES string of the molecule is O=C(Cn1c(N2CCOCC2)ncc(NC(=O)c2cnc(-c3ccccc3)o2)c1=O)NCc1cc2cnccc2n1S(=O)(=O)c1ccccc1. The van der Waals surface area contributed by atoms with Crippen LogP contribution in [0.25, 0.3) is 22.4 Å². The molecule has 7 rings (SSSR count). The number of pyridine rings is 1. The van der Waals surface area contributed by atoms with Gasteiger partial charge in [0.25, 0.3) is 21.5 Å². The molecule has 2 N–H and O–H groups in total. The molecule has 0 atom stereocenters. The maximum atomic E-state index is 13.8. The number of benzene rings is 2. The number of anilines is 2. The summed E-state index contributed by atoms with van der Waals surface area (Å²) in [6.07, 6.45) is 5.52. The summed E-state index contributed by atoms with van der Waals surface area (Å²) in [7, 11) is -4.04. The highest BCUT2D eigenvalue weighted by atomic mass is 32.2. The second-order valence-electron chi connectivity index (χ2n) is 11.2. The van der Waals surface area contributed by atoms with Crippen LogP contribution in [0, 0.1) is 0 Å². The Morgan fingerprint density at radius 3 is 2.40 bits per heavy atom. The lowest BCUT2D eigenvalue weighted by atomic mass is 10.2. The van der Waals surface area contributed by atoms with Gasteiger partial charge in [-0.15, -0.1) is 0 Å².